The molecule has 0 unspecified atom stereocenters. The molecule has 2 rings (SSSR count). The predicted octanol–water partition coefficient (Wildman–Crippen LogP) is 1.49. The molecule has 0 aromatic heterocycles. The molecule has 0 bridgehead atoms. The lowest BCUT2D eigenvalue weighted by Gasteiger charge is -2.35. The third-order valence-electron chi connectivity index (χ3n) is 4.09. The van der Waals surface area contributed by atoms with Crippen molar-refractivity contribution in [2.45, 2.75) is 44.6 Å². The highest BCUT2D eigenvalue weighted by Crippen LogP contribution is 2.37. The monoisotopic (exact) mass is 241 g/mol. The Morgan fingerprint density at radius 2 is 2.18 bits per heavy atom. The van der Waals surface area contributed by atoms with Crippen molar-refractivity contribution in [2.75, 3.05) is 26.9 Å². The molecule has 0 aromatic carbocycles. The zero-order valence-corrected chi connectivity index (χ0v) is 10.7. The van der Waals surface area contributed by atoms with Gasteiger partial charge in [0.1, 0.15) is 0 Å². The molecule has 0 amide bonds. The van der Waals surface area contributed by atoms with Crippen LogP contribution in [0.25, 0.3) is 0 Å². The highest BCUT2D eigenvalue weighted by Gasteiger charge is 2.40. The van der Waals surface area contributed by atoms with E-state index in [1.165, 1.54) is 13.5 Å². The van der Waals surface area contributed by atoms with E-state index in [1.54, 1.807) is 0 Å². The Morgan fingerprint density at radius 1 is 1.41 bits per heavy atom. The fourth-order valence-electron chi connectivity index (χ4n) is 2.93. The van der Waals surface area contributed by atoms with Crippen LogP contribution in [0.1, 0.15) is 38.5 Å². The summed E-state index contributed by atoms with van der Waals surface area (Å²) in [5.41, 5.74) is -0.282. The average Bonchev–Trinajstić information content (AvgIpc) is 2.89. The van der Waals surface area contributed by atoms with Crippen LogP contribution in [0, 0.1) is 5.41 Å². The molecule has 4 heteroatoms. The fraction of sp³-hybridized carbons (Fsp3) is 0.923. The van der Waals surface area contributed by atoms with Crippen molar-refractivity contribution in [3.63, 3.8) is 0 Å². The lowest BCUT2D eigenvalue weighted by atomic mass is 9.74. The van der Waals surface area contributed by atoms with Gasteiger partial charge in [0.05, 0.1) is 19.1 Å². The Bertz CT molecular complexity index is 255. The van der Waals surface area contributed by atoms with E-state index in [4.69, 9.17) is 9.47 Å². The maximum atomic E-state index is 12.0. The zero-order chi connectivity index (χ0) is 12.1. The van der Waals surface area contributed by atoms with E-state index in [1.807, 2.05) is 0 Å². The van der Waals surface area contributed by atoms with Gasteiger partial charge in [0.25, 0.3) is 0 Å². The molecule has 98 valence electrons. The quantitative estimate of drug-likeness (QED) is 0.758. The Balaban J connectivity index is 1.92. The van der Waals surface area contributed by atoms with Gasteiger partial charge >= 0.3 is 5.97 Å². The van der Waals surface area contributed by atoms with Crippen LogP contribution in [0.4, 0.5) is 0 Å². The van der Waals surface area contributed by atoms with Gasteiger partial charge in [0.15, 0.2) is 0 Å². The summed E-state index contributed by atoms with van der Waals surface area (Å²) in [7, 11) is 1.50. The van der Waals surface area contributed by atoms with Gasteiger partial charge in [-0.05, 0) is 19.3 Å². The van der Waals surface area contributed by atoms with Crippen LogP contribution in [0.3, 0.4) is 0 Å². The first-order valence-electron chi connectivity index (χ1n) is 6.66. The zero-order valence-electron chi connectivity index (χ0n) is 10.7. The average molecular weight is 241 g/mol. The van der Waals surface area contributed by atoms with Crippen molar-refractivity contribution in [1.82, 2.24) is 5.32 Å². The van der Waals surface area contributed by atoms with Crippen LogP contribution in [-0.2, 0) is 14.3 Å². The minimum Gasteiger partial charge on any atom is -0.469 e. The minimum atomic E-state index is -0.282. The first-order chi connectivity index (χ1) is 8.27. The largest absolute Gasteiger partial charge is 0.469 e. The summed E-state index contributed by atoms with van der Waals surface area (Å²) in [6, 6.07) is 0.415. The van der Waals surface area contributed by atoms with Crippen molar-refractivity contribution in [3.8, 4) is 0 Å². The van der Waals surface area contributed by atoms with Crippen LogP contribution in [-0.4, -0.2) is 38.9 Å². The van der Waals surface area contributed by atoms with Crippen molar-refractivity contribution in [1.29, 1.82) is 0 Å². The summed E-state index contributed by atoms with van der Waals surface area (Å²) in [6.45, 7) is 2.36. The van der Waals surface area contributed by atoms with Crippen LogP contribution in [0.5, 0.6) is 0 Å². The van der Waals surface area contributed by atoms with Gasteiger partial charge in [-0.1, -0.05) is 19.3 Å². The summed E-state index contributed by atoms with van der Waals surface area (Å²) in [5, 5.41) is 3.48. The Hall–Kier alpha value is -0.610. The fourth-order valence-corrected chi connectivity index (χ4v) is 2.93. The second-order valence-electron chi connectivity index (χ2n) is 5.27. The normalized spacial score (nSPS) is 27.9. The number of methoxy groups -OCH3 is 1. The number of esters is 1. The molecule has 0 aromatic rings. The summed E-state index contributed by atoms with van der Waals surface area (Å²) in [4.78, 5) is 12.0. The van der Waals surface area contributed by atoms with Gasteiger partial charge in [-0.2, -0.15) is 0 Å². The highest BCUT2D eigenvalue weighted by atomic mass is 16.5. The smallest absolute Gasteiger partial charge is 0.313 e. The predicted molar refractivity (Wildman–Crippen MR) is 64.8 cm³/mol. The number of nitrogens with one attached hydrogen (secondary N) is 1. The van der Waals surface area contributed by atoms with E-state index in [0.717, 1.165) is 51.9 Å². The van der Waals surface area contributed by atoms with Crippen LogP contribution in [0.15, 0.2) is 0 Å². The third kappa shape index (κ3) is 2.99. The maximum absolute atomic E-state index is 12.0. The van der Waals surface area contributed by atoms with Crippen LogP contribution >= 0.6 is 0 Å². The lowest BCUT2D eigenvalue weighted by Crippen LogP contribution is -2.46. The summed E-state index contributed by atoms with van der Waals surface area (Å²) in [6.07, 6.45) is 6.49. The number of rotatable bonds is 4. The number of ether oxygens (including phenoxy) is 2. The highest BCUT2D eigenvalue weighted by molar-refractivity contribution is 5.77. The van der Waals surface area contributed by atoms with E-state index >= 15 is 0 Å². The molecule has 1 saturated heterocycles. The van der Waals surface area contributed by atoms with E-state index < -0.39 is 0 Å². The third-order valence-corrected chi connectivity index (χ3v) is 4.09. The van der Waals surface area contributed by atoms with Gasteiger partial charge in [-0.3, -0.25) is 4.79 Å². The van der Waals surface area contributed by atoms with Crippen LogP contribution < -0.4 is 5.32 Å². The second kappa shape index (κ2) is 5.83. The molecule has 2 fully saturated rings. The Morgan fingerprint density at radius 3 is 2.76 bits per heavy atom. The standard InChI is InChI=1S/C13H23NO3/c1-16-12(15)13(6-3-2-4-7-13)10-14-11-5-8-17-9-11/h11,14H,2-10H2,1H3/t11-/m0/s1. The van der Waals surface area contributed by atoms with Gasteiger partial charge < -0.3 is 14.8 Å². The molecule has 0 spiro atoms. The molecule has 0 radical (unpaired) electrons. The van der Waals surface area contributed by atoms with E-state index in [9.17, 15) is 4.79 Å². The van der Waals surface area contributed by atoms with Crippen molar-refractivity contribution in [2.24, 2.45) is 5.41 Å². The van der Waals surface area contributed by atoms with Gasteiger partial charge in [0.2, 0.25) is 0 Å². The number of carbonyl (C=O) groups excluding carboxylic acids is 1. The minimum absolute atomic E-state index is 0.0383. The molecule has 1 atom stereocenters. The number of hydrogen-bond donors (Lipinski definition) is 1. The first kappa shape index (κ1) is 12.8. The summed E-state index contributed by atoms with van der Waals surface area (Å²) < 4.78 is 10.3. The van der Waals surface area contributed by atoms with Gasteiger partial charge in [-0.15, -0.1) is 0 Å². The SMILES string of the molecule is COC(=O)C1(CN[C@H]2CCOC2)CCCCC1. The molecule has 1 heterocycles. The summed E-state index contributed by atoms with van der Waals surface area (Å²) in [5.74, 6) is -0.0383. The lowest BCUT2D eigenvalue weighted by molar-refractivity contribution is -0.154. The molecular formula is C13H23NO3. The number of hydrogen-bond acceptors (Lipinski definition) is 4. The summed E-state index contributed by atoms with van der Waals surface area (Å²) >= 11 is 0. The Labute approximate surface area is 103 Å². The van der Waals surface area contributed by atoms with E-state index in [0.29, 0.717) is 6.04 Å². The molecule has 17 heavy (non-hydrogen) atoms. The topological polar surface area (TPSA) is 47.6 Å². The van der Waals surface area contributed by atoms with Gasteiger partial charge in [-0.25, -0.2) is 0 Å². The maximum Gasteiger partial charge on any atom is 0.313 e. The number of carbonyl (C=O) groups is 1. The van der Waals surface area contributed by atoms with Gasteiger partial charge in [0, 0.05) is 19.2 Å². The molecule has 2 aliphatic rings. The van der Waals surface area contributed by atoms with Crippen molar-refractivity contribution in [3.05, 3.63) is 0 Å². The molecule has 1 aliphatic carbocycles. The van der Waals surface area contributed by atoms with Crippen LogP contribution in [0.2, 0.25) is 0 Å². The second-order valence-corrected chi connectivity index (χ2v) is 5.27. The molecule has 1 saturated carbocycles. The van der Waals surface area contributed by atoms with Crippen molar-refractivity contribution >= 4 is 5.97 Å². The molecule has 1 N–H and O–H groups in total. The molecule has 4 nitrogen and oxygen atoms in total. The van der Waals surface area contributed by atoms with E-state index in [-0.39, 0.29) is 11.4 Å². The van der Waals surface area contributed by atoms with Crippen molar-refractivity contribution < 1.29 is 14.3 Å². The Kier molecular flexibility index (Phi) is 4.40. The molecule has 1 aliphatic heterocycles. The molecular weight excluding hydrogens is 218 g/mol. The first-order valence-corrected chi connectivity index (χ1v) is 6.66. The van der Waals surface area contributed by atoms with E-state index in [2.05, 4.69) is 5.32 Å².